The molecule has 0 unspecified atom stereocenters. The summed E-state index contributed by atoms with van der Waals surface area (Å²) in [5.41, 5.74) is 2.47. The standard InChI is InChI=1S/C14H17ClN2O4S/c1-9(2)17-5-3-10-7-11(15)13(8-12(10)17)22(20,21)16-14(19)4-6-18/h7-8,18H,1,3-6H2,2H3,(H,16,19). The Morgan fingerprint density at radius 2 is 2.18 bits per heavy atom. The second kappa shape index (κ2) is 6.28. The van der Waals surface area contributed by atoms with E-state index in [-0.39, 0.29) is 16.3 Å². The van der Waals surface area contributed by atoms with E-state index in [1.807, 2.05) is 16.5 Å². The maximum Gasteiger partial charge on any atom is 0.265 e. The summed E-state index contributed by atoms with van der Waals surface area (Å²) in [4.78, 5) is 13.2. The fourth-order valence-electron chi connectivity index (χ4n) is 2.35. The molecule has 0 saturated heterocycles. The highest BCUT2D eigenvalue weighted by Gasteiger charge is 2.27. The maximum absolute atomic E-state index is 12.3. The zero-order valence-corrected chi connectivity index (χ0v) is 13.7. The van der Waals surface area contributed by atoms with Crippen molar-refractivity contribution in [2.45, 2.75) is 24.7 Å². The Kier molecular flexibility index (Phi) is 4.79. The third-order valence-electron chi connectivity index (χ3n) is 3.37. The largest absolute Gasteiger partial charge is 0.396 e. The van der Waals surface area contributed by atoms with E-state index in [1.54, 1.807) is 6.07 Å². The Balaban J connectivity index is 2.42. The lowest BCUT2D eigenvalue weighted by atomic mass is 10.2. The van der Waals surface area contributed by atoms with Gasteiger partial charge in [-0.2, -0.15) is 0 Å². The van der Waals surface area contributed by atoms with Crippen molar-refractivity contribution in [2.75, 3.05) is 18.1 Å². The smallest absolute Gasteiger partial charge is 0.265 e. The molecule has 2 rings (SSSR count). The van der Waals surface area contributed by atoms with Crippen molar-refractivity contribution in [2.24, 2.45) is 0 Å². The summed E-state index contributed by atoms with van der Waals surface area (Å²) < 4.78 is 26.4. The summed E-state index contributed by atoms with van der Waals surface area (Å²) >= 11 is 6.06. The number of sulfonamides is 1. The predicted octanol–water partition coefficient (Wildman–Crippen LogP) is 1.42. The molecule has 0 atom stereocenters. The Hall–Kier alpha value is -1.57. The first-order valence-corrected chi connectivity index (χ1v) is 8.54. The monoisotopic (exact) mass is 344 g/mol. The molecule has 1 aromatic rings. The number of allylic oxidation sites excluding steroid dienone is 1. The van der Waals surface area contributed by atoms with Crippen molar-refractivity contribution >= 4 is 33.2 Å². The molecule has 2 N–H and O–H groups in total. The molecule has 1 aromatic carbocycles. The molecule has 22 heavy (non-hydrogen) atoms. The second-order valence-corrected chi connectivity index (χ2v) is 7.11. The number of hydrogen-bond acceptors (Lipinski definition) is 5. The molecule has 1 aliphatic rings. The fourth-order valence-corrected chi connectivity index (χ4v) is 3.93. The van der Waals surface area contributed by atoms with Crippen molar-refractivity contribution in [3.63, 3.8) is 0 Å². The molecular weight excluding hydrogens is 328 g/mol. The van der Waals surface area contributed by atoms with Gasteiger partial charge >= 0.3 is 0 Å². The zero-order valence-electron chi connectivity index (χ0n) is 12.1. The van der Waals surface area contributed by atoms with Gasteiger partial charge in [0.2, 0.25) is 5.91 Å². The van der Waals surface area contributed by atoms with Gasteiger partial charge in [0.15, 0.2) is 0 Å². The molecule has 1 aliphatic heterocycles. The van der Waals surface area contributed by atoms with E-state index in [0.29, 0.717) is 6.54 Å². The van der Waals surface area contributed by atoms with Crippen LogP contribution < -0.4 is 9.62 Å². The van der Waals surface area contributed by atoms with Crippen LogP contribution in [-0.4, -0.2) is 32.6 Å². The van der Waals surface area contributed by atoms with Gasteiger partial charge in [0, 0.05) is 17.9 Å². The number of halogens is 1. The second-order valence-electron chi connectivity index (χ2n) is 5.05. The first kappa shape index (κ1) is 16.8. The van der Waals surface area contributed by atoms with Crippen LogP contribution in [0.1, 0.15) is 18.9 Å². The number of fused-ring (bicyclic) bond motifs is 1. The zero-order chi connectivity index (χ0) is 16.5. The number of nitrogens with one attached hydrogen (secondary N) is 1. The number of carbonyl (C=O) groups is 1. The van der Waals surface area contributed by atoms with Crippen LogP contribution in [0.3, 0.4) is 0 Å². The molecule has 0 fully saturated rings. The Bertz CT molecular complexity index is 731. The number of carbonyl (C=O) groups excluding carboxylic acids is 1. The summed E-state index contributed by atoms with van der Waals surface area (Å²) in [6, 6.07) is 3.05. The minimum Gasteiger partial charge on any atom is -0.396 e. The minimum absolute atomic E-state index is 0.0617. The van der Waals surface area contributed by atoms with Crippen LogP contribution in [0.2, 0.25) is 5.02 Å². The Morgan fingerprint density at radius 3 is 2.77 bits per heavy atom. The topological polar surface area (TPSA) is 86.7 Å². The number of benzene rings is 1. The highest BCUT2D eigenvalue weighted by molar-refractivity contribution is 7.90. The molecule has 120 valence electrons. The molecule has 0 saturated carbocycles. The summed E-state index contributed by atoms with van der Waals surface area (Å²) in [6.07, 6.45) is 0.457. The summed E-state index contributed by atoms with van der Waals surface area (Å²) in [5.74, 6) is -0.782. The van der Waals surface area contributed by atoms with E-state index in [0.717, 1.165) is 23.4 Å². The third kappa shape index (κ3) is 3.26. The van der Waals surface area contributed by atoms with Crippen molar-refractivity contribution in [1.29, 1.82) is 0 Å². The van der Waals surface area contributed by atoms with Gasteiger partial charge in [-0.1, -0.05) is 18.2 Å². The van der Waals surface area contributed by atoms with Crippen LogP contribution in [0.5, 0.6) is 0 Å². The van der Waals surface area contributed by atoms with Crippen LogP contribution in [0.15, 0.2) is 29.3 Å². The van der Waals surface area contributed by atoms with E-state index in [4.69, 9.17) is 16.7 Å². The quantitative estimate of drug-likeness (QED) is 0.843. The van der Waals surface area contributed by atoms with Gasteiger partial charge in [-0.05, 0) is 31.0 Å². The maximum atomic E-state index is 12.3. The highest BCUT2D eigenvalue weighted by Crippen LogP contribution is 2.36. The molecule has 0 spiro atoms. The van der Waals surface area contributed by atoms with Gasteiger partial charge in [0.05, 0.1) is 18.1 Å². The van der Waals surface area contributed by atoms with E-state index in [1.165, 1.54) is 6.07 Å². The van der Waals surface area contributed by atoms with Crippen molar-refractivity contribution in [3.05, 3.63) is 35.0 Å². The number of aliphatic hydroxyl groups is 1. The lowest BCUT2D eigenvalue weighted by Gasteiger charge is -2.20. The van der Waals surface area contributed by atoms with Crippen LogP contribution in [0, 0.1) is 0 Å². The third-order valence-corrected chi connectivity index (χ3v) is 5.20. The lowest BCUT2D eigenvalue weighted by Crippen LogP contribution is -2.31. The Morgan fingerprint density at radius 1 is 1.50 bits per heavy atom. The van der Waals surface area contributed by atoms with Crippen molar-refractivity contribution in [3.8, 4) is 0 Å². The van der Waals surface area contributed by atoms with Crippen molar-refractivity contribution in [1.82, 2.24) is 4.72 Å². The molecule has 0 aliphatic carbocycles. The van der Waals surface area contributed by atoms with E-state index >= 15 is 0 Å². The van der Waals surface area contributed by atoms with Gasteiger partial charge in [-0.25, -0.2) is 13.1 Å². The molecule has 0 bridgehead atoms. The number of anilines is 1. The summed E-state index contributed by atoms with van der Waals surface area (Å²) in [5, 5.41) is 8.74. The SMILES string of the molecule is C=C(C)N1CCc2cc(Cl)c(S(=O)(=O)NC(=O)CCO)cc21. The van der Waals surface area contributed by atoms with Crippen LogP contribution in [0.4, 0.5) is 5.69 Å². The fraction of sp³-hybridized carbons (Fsp3) is 0.357. The van der Waals surface area contributed by atoms with Crippen LogP contribution in [-0.2, 0) is 21.2 Å². The van der Waals surface area contributed by atoms with Gasteiger partial charge in [0.1, 0.15) is 4.90 Å². The number of nitrogens with zero attached hydrogens (tertiary/aromatic N) is 1. The average Bonchev–Trinajstić information content (AvgIpc) is 2.79. The first-order valence-electron chi connectivity index (χ1n) is 6.68. The number of rotatable bonds is 5. The van der Waals surface area contributed by atoms with Crippen LogP contribution in [0.25, 0.3) is 0 Å². The summed E-state index contributed by atoms with van der Waals surface area (Å²) in [6.45, 7) is 5.99. The van der Waals surface area contributed by atoms with Gasteiger partial charge < -0.3 is 10.0 Å². The highest BCUT2D eigenvalue weighted by atomic mass is 35.5. The lowest BCUT2D eigenvalue weighted by molar-refractivity contribution is -0.119. The van der Waals surface area contributed by atoms with Gasteiger partial charge in [-0.3, -0.25) is 4.79 Å². The first-order chi connectivity index (χ1) is 10.3. The summed E-state index contributed by atoms with van der Waals surface area (Å²) in [7, 11) is -4.08. The van der Waals surface area contributed by atoms with Crippen molar-refractivity contribution < 1.29 is 18.3 Å². The molecule has 6 nitrogen and oxygen atoms in total. The average molecular weight is 345 g/mol. The van der Waals surface area contributed by atoms with E-state index < -0.39 is 22.5 Å². The molecule has 8 heteroatoms. The Labute approximate surface area is 134 Å². The molecule has 0 aromatic heterocycles. The number of hydrogen-bond donors (Lipinski definition) is 2. The normalized spacial score (nSPS) is 13.9. The van der Waals surface area contributed by atoms with Crippen LogP contribution >= 0.6 is 11.6 Å². The molecular formula is C14H17ClN2O4S. The molecule has 1 heterocycles. The van der Waals surface area contributed by atoms with Gasteiger partial charge in [-0.15, -0.1) is 0 Å². The number of aliphatic hydroxyl groups excluding tert-OH is 1. The molecule has 0 radical (unpaired) electrons. The van der Waals surface area contributed by atoms with E-state index in [2.05, 4.69) is 6.58 Å². The predicted molar refractivity (Wildman–Crippen MR) is 84.3 cm³/mol. The number of amides is 1. The minimum atomic E-state index is -4.08. The van der Waals surface area contributed by atoms with E-state index in [9.17, 15) is 13.2 Å². The molecule has 1 amide bonds. The van der Waals surface area contributed by atoms with Gasteiger partial charge in [0.25, 0.3) is 10.0 Å².